The summed E-state index contributed by atoms with van der Waals surface area (Å²) in [5.41, 5.74) is 0.557. The molecule has 0 atom stereocenters. The van der Waals surface area contributed by atoms with Gasteiger partial charge in [-0.25, -0.2) is 9.80 Å². The first-order chi connectivity index (χ1) is 12.4. The van der Waals surface area contributed by atoms with Gasteiger partial charge in [0, 0.05) is 0 Å². The van der Waals surface area contributed by atoms with E-state index in [-0.39, 0.29) is 22.3 Å². The lowest BCUT2D eigenvalue weighted by molar-refractivity contribution is -0.124. The first kappa shape index (κ1) is 15.9. The quantitative estimate of drug-likeness (QED) is 0.784. The van der Waals surface area contributed by atoms with Gasteiger partial charge in [-0.15, -0.1) is 0 Å². The number of hydrogen-bond acceptors (Lipinski definition) is 5. The van der Waals surface area contributed by atoms with Crippen LogP contribution in [0.25, 0.3) is 0 Å². The highest BCUT2D eigenvalue weighted by atomic mass is 16.2. The van der Waals surface area contributed by atoms with Gasteiger partial charge < -0.3 is 0 Å². The number of carbonyl (C=O) groups excluding carboxylic acids is 5. The molecule has 0 N–H and O–H groups in total. The van der Waals surface area contributed by atoms with Gasteiger partial charge in [0.25, 0.3) is 23.6 Å². The SMILES string of the molecule is CC(=O)C(N1C(=O)c2ccccc2C1=O)N1C(=O)c2ccccc2C1=O. The molecule has 2 aliphatic heterocycles. The maximum atomic E-state index is 12.7. The van der Waals surface area contributed by atoms with Crippen molar-refractivity contribution in [2.75, 3.05) is 0 Å². The van der Waals surface area contributed by atoms with Gasteiger partial charge in [-0.3, -0.25) is 24.0 Å². The zero-order valence-corrected chi connectivity index (χ0v) is 13.6. The summed E-state index contributed by atoms with van der Waals surface area (Å²) >= 11 is 0. The molecule has 0 radical (unpaired) electrons. The molecule has 4 rings (SSSR count). The highest BCUT2D eigenvalue weighted by Crippen LogP contribution is 2.31. The molecular weight excluding hydrogens is 336 g/mol. The molecule has 2 aromatic rings. The second kappa shape index (κ2) is 5.45. The van der Waals surface area contributed by atoms with Crippen molar-refractivity contribution < 1.29 is 24.0 Å². The second-order valence-electron chi connectivity index (χ2n) is 6.04. The minimum absolute atomic E-state index is 0.139. The Bertz CT molecular complexity index is 881. The van der Waals surface area contributed by atoms with Crippen LogP contribution in [0.1, 0.15) is 48.4 Å². The third-order valence-corrected chi connectivity index (χ3v) is 4.50. The Morgan fingerprint density at radius 1 is 0.654 bits per heavy atom. The summed E-state index contributed by atoms with van der Waals surface area (Å²) in [5.74, 6) is -3.48. The molecule has 0 fully saturated rings. The van der Waals surface area contributed by atoms with E-state index in [1.807, 2.05) is 0 Å². The number of amides is 4. The van der Waals surface area contributed by atoms with Crippen molar-refractivity contribution in [2.24, 2.45) is 0 Å². The topological polar surface area (TPSA) is 91.8 Å². The summed E-state index contributed by atoms with van der Waals surface area (Å²) < 4.78 is 0. The van der Waals surface area contributed by atoms with Crippen molar-refractivity contribution >= 4 is 29.4 Å². The van der Waals surface area contributed by atoms with Crippen LogP contribution in [-0.2, 0) is 4.79 Å². The van der Waals surface area contributed by atoms with Gasteiger partial charge >= 0.3 is 0 Å². The van der Waals surface area contributed by atoms with Crippen LogP contribution in [0.2, 0.25) is 0 Å². The van der Waals surface area contributed by atoms with E-state index in [9.17, 15) is 24.0 Å². The fourth-order valence-corrected chi connectivity index (χ4v) is 3.34. The third-order valence-electron chi connectivity index (χ3n) is 4.50. The standard InChI is InChI=1S/C19H12N2O5/c1-10(22)15(20-16(23)11-6-2-3-7-12(11)17(20)24)21-18(25)13-8-4-5-9-14(13)19(21)26/h2-9,15H,1H3. The number of fused-ring (bicyclic) bond motifs is 2. The number of Topliss-reactive ketones (excluding diaryl/α,β-unsaturated/α-hetero) is 1. The van der Waals surface area contributed by atoms with Crippen LogP contribution in [0.3, 0.4) is 0 Å². The Morgan fingerprint density at radius 2 is 0.923 bits per heavy atom. The van der Waals surface area contributed by atoms with E-state index in [1.54, 1.807) is 24.3 Å². The molecule has 0 bridgehead atoms. The summed E-state index contributed by atoms with van der Waals surface area (Å²) in [4.78, 5) is 64.5. The molecule has 0 aliphatic carbocycles. The minimum Gasteiger partial charge on any atom is -0.296 e. The molecule has 7 heteroatoms. The Kier molecular flexibility index (Phi) is 3.33. The Balaban J connectivity index is 1.81. The van der Waals surface area contributed by atoms with E-state index >= 15 is 0 Å². The van der Waals surface area contributed by atoms with E-state index in [1.165, 1.54) is 24.3 Å². The van der Waals surface area contributed by atoms with E-state index in [0.717, 1.165) is 6.92 Å². The van der Waals surface area contributed by atoms with Crippen LogP contribution < -0.4 is 0 Å². The highest BCUT2D eigenvalue weighted by molar-refractivity contribution is 6.26. The maximum absolute atomic E-state index is 12.7. The molecule has 0 saturated heterocycles. The van der Waals surface area contributed by atoms with Crippen LogP contribution >= 0.6 is 0 Å². The van der Waals surface area contributed by atoms with Gasteiger partial charge in [-0.05, 0) is 31.2 Å². The summed E-state index contributed by atoms with van der Waals surface area (Å²) in [6.07, 6.45) is -1.62. The van der Waals surface area contributed by atoms with Crippen LogP contribution in [0, 0.1) is 0 Å². The number of carbonyl (C=O) groups is 5. The van der Waals surface area contributed by atoms with E-state index < -0.39 is 35.6 Å². The van der Waals surface area contributed by atoms with Crippen LogP contribution in [-0.4, -0.2) is 45.4 Å². The largest absolute Gasteiger partial charge is 0.296 e. The monoisotopic (exact) mass is 348 g/mol. The number of hydrogen-bond donors (Lipinski definition) is 0. The van der Waals surface area contributed by atoms with Gasteiger partial charge in [-0.1, -0.05) is 24.3 Å². The van der Waals surface area contributed by atoms with Gasteiger partial charge in [0.15, 0.2) is 11.9 Å². The zero-order valence-electron chi connectivity index (χ0n) is 13.6. The predicted octanol–water partition coefficient (Wildman–Crippen LogP) is 1.49. The summed E-state index contributed by atoms with van der Waals surface area (Å²) in [5, 5.41) is 0. The van der Waals surface area contributed by atoms with Crippen molar-refractivity contribution in [1.29, 1.82) is 0 Å². The molecule has 0 saturated carbocycles. The molecule has 2 heterocycles. The Hall–Kier alpha value is -3.61. The highest BCUT2D eigenvalue weighted by Gasteiger charge is 2.50. The number of nitrogens with zero attached hydrogens (tertiary/aromatic N) is 2. The second-order valence-corrected chi connectivity index (χ2v) is 6.04. The number of imide groups is 2. The van der Waals surface area contributed by atoms with Crippen molar-refractivity contribution in [3.63, 3.8) is 0 Å². The summed E-state index contributed by atoms with van der Waals surface area (Å²) in [6.45, 7) is 1.14. The van der Waals surface area contributed by atoms with Crippen LogP contribution in [0.4, 0.5) is 0 Å². The minimum atomic E-state index is -1.62. The molecule has 2 aliphatic rings. The number of benzene rings is 2. The van der Waals surface area contributed by atoms with Crippen molar-refractivity contribution in [1.82, 2.24) is 9.80 Å². The molecular formula is C19H12N2O5. The van der Waals surface area contributed by atoms with Crippen molar-refractivity contribution in [3.8, 4) is 0 Å². The van der Waals surface area contributed by atoms with Gasteiger partial charge in [0.05, 0.1) is 22.3 Å². The lowest BCUT2D eigenvalue weighted by Gasteiger charge is -2.30. The Morgan fingerprint density at radius 3 is 1.15 bits per heavy atom. The first-order valence-electron chi connectivity index (χ1n) is 7.87. The molecule has 0 unspecified atom stereocenters. The third kappa shape index (κ3) is 1.97. The van der Waals surface area contributed by atoms with Gasteiger partial charge in [-0.2, -0.15) is 0 Å². The van der Waals surface area contributed by atoms with Crippen LogP contribution in [0.15, 0.2) is 48.5 Å². The molecule has 0 aromatic heterocycles. The average Bonchev–Trinajstić information content (AvgIpc) is 3.03. The van der Waals surface area contributed by atoms with Crippen molar-refractivity contribution in [3.05, 3.63) is 70.8 Å². The van der Waals surface area contributed by atoms with E-state index in [0.29, 0.717) is 9.80 Å². The zero-order chi connectivity index (χ0) is 18.6. The Labute approximate surface area is 147 Å². The lowest BCUT2D eigenvalue weighted by atomic mass is 10.1. The first-order valence-corrected chi connectivity index (χ1v) is 7.87. The van der Waals surface area contributed by atoms with E-state index in [2.05, 4.69) is 0 Å². The molecule has 2 aromatic carbocycles. The molecule has 128 valence electrons. The van der Waals surface area contributed by atoms with Gasteiger partial charge in [0.1, 0.15) is 0 Å². The lowest BCUT2D eigenvalue weighted by Crippen LogP contribution is -2.56. The van der Waals surface area contributed by atoms with Crippen LogP contribution in [0.5, 0.6) is 0 Å². The molecule has 26 heavy (non-hydrogen) atoms. The summed E-state index contributed by atoms with van der Waals surface area (Å²) in [7, 11) is 0. The van der Waals surface area contributed by atoms with Gasteiger partial charge in [0.2, 0.25) is 0 Å². The smallest absolute Gasteiger partial charge is 0.263 e. The summed E-state index contributed by atoms with van der Waals surface area (Å²) in [6, 6.07) is 12.3. The predicted molar refractivity (Wildman–Crippen MR) is 88.4 cm³/mol. The molecule has 7 nitrogen and oxygen atoms in total. The number of rotatable bonds is 3. The molecule has 0 spiro atoms. The molecule has 4 amide bonds. The van der Waals surface area contributed by atoms with E-state index in [4.69, 9.17) is 0 Å². The van der Waals surface area contributed by atoms with Crippen molar-refractivity contribution in [2.45, 2.75) is 13.1 Å². The maximum Gasteiger partial charge on any atom is 0.263 e. The average molecular weight is 348 g/mol. The fourth-order valence-electron chi connectivity index (χ4n) is 3.34. The normalized spacial score (nSPS) is 15.8. The fraction of sp³-hybridized carbons (Fsp3) is 0.105. The number of ketones is 1.